The summed E-state index contributed by atoms with van der Waals surface area (Å²) in [5.74, 6) is 0.390. The van der Waals surface area contributed by atoms with Gasteiger partial charge in [-0.05, 0) is 68.7 Å². The van der Waals surface area contributed by atoms with E-state index in [9.17, 15) is 13.2 Å². The van der Waals surface area contributed by atoms with Crippen LogP contribution in [-0.4, -0.2) is 92.3 Å². The predicted octanol–water partition coefficient (Wildman–Crippen LogP) is 4.36. The number of carbonyl (C=O) groups is 1. The molecular formula is C27H39ClN4O5S. The third-order valence-corrected chi connectivity index (χ3v) is 10.8. The summed E-state index contributed by atoms with van der Waals surface area (Å²) in [7, 11) is -2.15. The normalized spacial score (nSPS) is 26.3. The third-order valence-electron chi connectivity index (χ3n) is 8.51. The first-order valence-corrected chi connectivity index (χ1v) is 15.7. The SMILES string of the molecule is CON=C1CCN(C2CCN(C(=O)OC[C@H]3CCCC(C4CC4)N3S(=O)(=O)c3ccc(Cl)cc3)CC2)CC1. The van der Waals surface area contributed by atoms with Crippen molar-refractivity contribution in [1.82, 2.24) is 14.1 Å². The molecule has 3 saturated heterocycles. The summed E-state index contributed by atoms with van der Waals surface area (Å²) in [6.07, 6.45) is 7.92. The smallest absolute Gasteiger partial charge is 0.409 e. The van der Waals surface area contributed by atoms with Gasteiger partial charge in [0, 0.05) is 56.1 Å². The van der Waals surface area contributed by atoms with E-state index in [0.29, 0.717) is 36.5 Å². The lowest BCUT2D eigenvalue weighted by molar-refractivity contribution is 0.0451. The average Bonchev–Trinajstić information content (AvgIpc) is 3.78. The molecule has 0 spiro atoms. The fraction of sp³-hybridized carbons (Fsp3) is 0.704. The Hall–Kier alpha value is -1.88. The number of benzene rings is 1. The van der Waals surface area contributed by atoms with Gasteiger partial charge in [0.2, 0.25) is 10.0 Å². The van der Waals surface area contributed by atoms with Crippen molar-refractivity contribution in [2.24, 2.45) is 11.1 Å². The molecule has 38 heavy (non-hydrogen) atoms. The molecule has 3 heterocycles. The molecule has 1 aromatic rings. The van der Waals surface area contributed by atoms with Crippen LogP contribution in [0.3, 0.4) is 0 Å². The second-order valence-corrected chi connectivity index (χ2v) is 13.2. The molecule has 0 bridgehead atoms. The highest BCUT2D eigenvalue weighted by Crippen LogP contribution is 2.43. The molecule has 0 N–H and O–H groups in total. The largest absolute Gasteiger partial charge is 0.448 e. The number of carbonyl (C=O) groups excluding carboxylic acids is 1. The molecule has 210 valence electrons. The van der Waals surface area contributed by atoms with Crippen molar-refractivity contribution < 1.29 is 22.8 Å². The molecule has 0 aromatic heterocycles. The number of rotatable bonds is 7. The van der Waals surface area contributed by atoms with Gasteiger partial charge in [0.1, 0.15) is 13.7 Å². The molecule has 1 amide bonds. The minimum Gasteiger partial charge on any atom is -0.448 e. The van der Waals surface area contributed by atoms with E-state index in [0.717, 1.165) is 70.2 Å². The predicted molar refractivity (Wildman–Crippen MR) is 146 cm³/mol. The van der Waals surface area contributed by atoms with E-state index in [2.05, 4.69) is 10.1 Å². The van der Waals surface area contributed by atoms with Crippen LogP contribution in [0, 0.1) is 5.92 Å². The number of hydrogen-bond donors (Lipinski definition) is 0. The molecule has 9 nitrogen and oxygen atoms in total. The van der Waals surface area contributed by atoms with E-state index in [1.807, 2.05) is 0 Å². The van der Waals surface area contributed by atoms with Crippen LogP contribution in [0.15, 0.2) is 34.3 Å². The van der Waals surface area contributed by atoms with E-state index in [-0.39, 0.29) is 29.7 Å². The van der Waals surface area contributed by atoms with E-state index >= 15 is 0 Å². The molecule has 4 aliphatic rings. The number of amides is 1. The maximum Gasteiger partial charge on any atom is 0.409 e. The van der Waals surface area contributed by atoms with Crippen LogP contribution in [0.25, 0.3) is 0 Å². The first-order valence-electron chi connectivity index (χ1n) is 13.9. The lowest BCUT2D eigenvalue weighted by Crippen LogP contribution is -2.53. The van der Waals surface area contributed by atoms with Crippen molar-refractivity contribution in [2.75, 3.05) is 39.9 Å². The van der Waals surface area contributed by atoms with Crippen LogP contribution in [0.4, 0.5) is 4.79 Å². The van der Waals surface area contributed by atoms with Crippen LogP contribution < -0.4 is 0 Å². The second-order valence-electron chi connectivity index (χ2n) is 10.9. The minimum absolute atomic E-state index is 0.0390. The van der Waals surface area contributed by atoms with E-state index in [4.69, 9.17) is 21.2 Å². The highest BCUT2D eigenvalue weighted by atomic mass is 35.5. The lowest BCUT2D eigenvalue weighted by Gasteiger charge is -2.42. The lowest BCUT2D eigenvalue weighted by atomic mass is 9.96. The zero-order chi connectivity index (χ0) is 26.7. The first-order chi connectivity index (χ1) is 18.4. The molecule has 1 aliphatic carbocycles. The summed E-state index contributed by atoms with van der Waals surface area (Å²) < 4.78 is 35.0. The molecule has 5 rings (SSSR count). The van der Waals surface area contributed by atoms with Gasteiger partial charge in [0.15, 0.2) is 0 Å². The summed E-state index contributed by atoms with van der Waals surface area (Å²) in [5.41, 5.74) is 1.11. The van der Waals surface area contributed by atoms with Crippen molar-refractivity contribution in [2.45, 2.75) is 80.8 Å². The van der Waals surface area contributed by atoms with Crippen LogP contribution in [0.1, 0.15) is 57.8 Å². The number of likely N-dealkylation sites (tertiary alicyclic amines) is 2. The maximum absolute atomic E-state index is 13.8. The fourth-order valence-corrected chi connectivity index (χ4v) is 8.35. The number of ether oxygens (including phenoxy) is 1. The molecule has 4 fully saturated rings. The Morgan fingerprint density at radius 2 is 1.68 bits per heavy atom. The summed E-state index contributed by atoms with van der Waals surface area (Å²) >= 11 is 6.01. The van der Waals surface area contributed by atoms with Gasteiger partial charge in [-0.1, -0.05) is 23.2 Å². The molecule has 1 saturated carbocycles. The van der Waals surface area contributed by atoms with Crippen molar-refractivity contribution in [3.05, 3.63) is 29.3 Å². The van der Waals surface area contributed by atoms with Gasteiger partial charge in [-0.15, -0.1) is 0 Å². The van der Waals surface area contributed by atoms with E-state index < -0.39 is 10.0 Å². The Bertz CT molecular complexity index is 1090. The fourth-order valence-electron chi connectivity index (χ4n) is 6.31. The summed E-state index contributed by atoms with van der Waals surface area (Å²) in [6, 6.07) is 6.42. The summed E-state index contributed by atoms with van der Waals surface area (Å²) in [5, 5.41) is 4.59. The summed E-state index contributed by atoms with van der Waals surface area (Å²) in [4.78, 5) is 22.4. The monoisotopic (exact) mass is 566 g/mol. The number of hydrogen-bond acceptors (Lipinski definition) is 7. The quantitative estimate of drug-likeness (QED) is 0.455. The summed E-state index contributed by atoms with van der Waals surface area (Å²) in [6.45, 7) is 3.34. The van der Waals surface area contributed by atoms with E-state index in [1.54, 1.807) is 40.6 Å². The van der Waals surface area contributed by atoms with Crippen LogP contribution in [0.2, 0.25) is 5.02 Å². The van der Waals surface area contributed by atoms with Crippen molar-refractivity contribution >= 4 is 33.4 Å². The van der Waals surface area contributed by atoms with Gasteiger partial charge >= 0.3 is 6.09 Å². The Morgan fingerprint density at radius 3 is 2.32 bits per heavy atom. The first kappa shape index (κ1) is 27.7. The highest BCUT2D eigenvalue weighted by Gasteiger charge is 2.46. The molecule has 2 atom stereocenters. The van der Waals surface area contributed by atoms with Crippen molar-refractivity contribution in [3.63, 3.8) is 0 Å². The Balaban J connectivity index is 1.17. The maximum atomic E-state index is 13.8. The molecule has 3 aliphatic heterocycles. The van der Waals surface area contributed by atoms with Gasteiger partial charge in [0.05, 0.1) is 16.6 Å². The van der Waals surface area contributed by atoms with Gasteiger partial charge < -0.3 is 14.5 Å². The number of halogens is 1. The highest BCUT2D eigenvalue weighted by molar-refractivity contribution is 7.89. The van der Waals surface area contributed by atoms with E-state index in [1.165, 1.54) is 0 Å². The molecule has 1 unspecified atom stereocenters. The van der Waals surface area contributed by atoms with Gasteiger partial charge in [-0.25, -0.2) is 13.2 Å². The molecule has 1 aromatic carbocycles. The average molecular weight is 567 g/mol. The van der Waals surface area contributed by atoms with Gasteiger partial charge in [-0.3, -0.25) is 4.90 Å². The Morgan fingerprint density at radius 1 is 1.00 bits per heavy atom. The number of nitrogens with zero attached hydrogens (tertiary/aromatic N) is 4. The van der Waals surface area contributed by atoms with Gasteiger partial charge in [0.25, 0.3) is 0 Å². The van der Waals surface area contributed by atoms with Crippen LogP contribution in [0.5, 0.6) is 0 Å². The number of oxime groups is 1. The van der Waals surface area contributed by atoms with Crippen molar-refractivity contribution in [3.8, 4) is 0 Å². The number of piperidine rings is 3. The molecule has 11 heteroatoms. The standard InChI is InChI=1S/C27H39ClN4O5S/c1-36-29-22-11-15-30(16-12-22)23-13-17-31(18-14-23)27(33)37-19-24-3-2-4-26(20-5-6-20)32(24)38(34,35)25-9-7-21(28)8-10-25/h7-10,20,23-24,26H,2-6,11-19H2,1H3/t24-,26?/m1/s1. The second kappa shape index (κ2) is 12.1. The zero-order valence-corrected chi connectivity index (χ0v) is 23.7. The Labute approximate surface area is 231 Å². The molecule has 0 radical (unpaired) electrons. The van der Waals surface area contributed by atoms with Crippen LogP contribution >= 0.6 is 11.6 Å². The molecular weight excluding hydrogens is 528 g/mol. The third kappa shape index (κ3) is 6.29. The topological polar surface area (TPSA) is 91.8 Å². The Kier molecular flexibility index (Phi) is 8.82. The zero-order valence-electron chi connectivity index (χ0n) is 22.1. The van der Waals surface area contributed by atoms with Crippen molar-refractivity contribution in [1.29, 1.82) is 0 Å². The minimum atomic E-state index is -3.73. The number of sulfonamides is 1. The van der Waals surface area contributed by atoms with Crippen LogP contribution in [-0.2, 0) is 19.6 Å². The van der Waals surface area contributed by atoms with Gasteiger partial charge in [-0.2, -0.15) is 4.31 Å².